The van der Waals surface area contributed by atoms with Gasteiger partial charge < -0.3 is 10.1 Å². The standard InChI is InChI=1S/C7H11N3O2/c1-12-6-4-8-7(11)10-5-2-3-9-10/h2-3,5H,4,6H2,1H3,(H,8,11). The van der Waals surface area contributed by atoms with Crippen molar-refractivity contribution in [2.75, 3.05) is 20.3 Å². The average Bonchev–Trinajstić information content (AvgIpc) is 2.56. The van der Waals surface area contributed by atoms with Crippen LogP contribution < -0.4 is 5.32 Å². The maximum Gasteiger partial charge on any atom is 0.342 e. The van der Waals surface area contributed by atoms with E-state index in [0.29, 0.717) is 13.2 Å². The fraction of sp³-hybridized carbons (Fsp3) is 0.429. The highest BCUT2D eigenvalue weighted by molar-refractivity contribution is 5.75. The molecule has 0 unspecified atom stereocenters. The van der Waals surface area contributed by atoms with E-state index >= 15 is 0 Å². The summed E-state index contributed by atoms with van der Waals surface area (Å²) in [5.74, 6) is 0. The van der Waals surface area contributed by atoms with Crippen LogP contribution in [0, 0.1) is 0 Å². The Morgan fingerprint density at radius 2 is 2.58 bits per heavy atom. The van der Waals surface area contributed by atoms with Crippen LogP contribution in [0.5, 0.6) is 0 Å². The summed E-state index contributed by atoms with van der Waals surface area (Å²) >= 11 is 0. The minimum absolute atomic E-state index is 0.239. The largest absolute Gasteiger partial charge is 0.383 e. The molecule has 1 amide bonds. The van der Waals surface area contributed by atoms with Crippen LogP contribution in [0.1, 0.15) is 0 Å². The molecule has 1 aromatic heterocycles. The Balaban J connectivity index is 2.30. The molecule has 0 fully saturated rings. The molecule has 0 spiro atoms. The highest BCUT2D eigenvalue weighted by atomic mass is 16.5. The van der Waals surface area contributed by atoms with E-state index in [9.17, 15) is 4.79 Å². The number of hydrogen-bond acceptors (Lipinski definition) is 3. The van der Waals surface area contributed by atoms with Crippen molar-refractivity contribution < 1.29 is 9.53 Å². The number of rotatable bonds is 3. The number of hydrogen-bond donors (Lipinski definition) is 1. The second kappa shape index (κ2) is 4.50. The first-order chi connectivity index (χ1) is 5.84. The summed E-state index contributed by atoms with van der Waals surface area (Å²) in [5.41, 5.74) is 0. The molecule has 5 heteroatoms. The number of nitrogens with one attached hydrogen (secondary N) is 1. The molecule has 0 radical (unpaired) electrons. The van der Waals surface area contributed by atoms with Gasteiger partial charge in [0.25, 0.3) is 0 Å². The summed E-state index contributed by atoms with van der Waals surface area (Å²) in [6, 6.07) is 1.45. The van der Waals surface area contributed by atoms with Crippen molar-refractivity contribution in [1.29, 1.82) is 0 Å². The van der Waals surface area contributed by atoms with Gasteiger partial charge in [-0.2, -0.15) is 9.78 Å². The lowest BCUT2D eigenvalue weighted by Crippen LogP contribution is -2.31. The van der Waals surface area contributed by atoms with Crippen LogP contribution in [-0.4, -0.2) is 36.1 Å². The zero-order valence-electron chi connectivity index (χ0n) is 6.86. The SMILES string of the molecule is COCCNC(=O)n1cccn1. The summed E-state index contributed by atoms with van der Waals surface area (Å²) in [4.78, 5) is 11.1. The van der Waals surface area contributed by atoms with E-state index in [2.05, 4.69) is 10.4 Å². The Bertz CT molecular complexity index is 233. The minimum atomic E-state index is -0.239. The molecule has 1 N–H and O–H groups in total. The van der Waals surface area contributed by atoms with Crippen molar-refractivity contribution in [3.05, 3.63) is 18.5 Å². The predicted molar refractivity (Wildman–Crippen MR) is 42.9 cm³/mol. The summed E-state index contributed by atoms with van der Waals surface area (Å²) in [7, 11) is 1.58. The quantitative estimate of drug-likeness (QED) is 0.652. The molecule has 0 saturated heterocycles. The van der Waals surface area contributed by atoms with Gasteiger partial charge in [0.2, 0.25) is 0 Å². The fourth-order valence-corrected chi connectivity index (χ4v) is 0.730. The molecule has 1 heterocycles. The third-order valence-corrected chi connectivity index (χ3v) is 1.29. The first-order valence-corrected chi connectivity index (χ1v) is 3.61. The van der Waals surface area contributed by atoms with Crippen molar-refractivity contribution in [1.82, 2.24) is 15.1 Å². The van der Waals surface area contributed by atoms with Crippen LogP contribution in [0.4, 0.5) is 4.79 Å². The molecular formula is C7H11N3O2. The second-order valence-corrected chi connectivity index (χ2v) is 2.18. The monoisotopic (exact) mass is 169 g/mol. The van der Waals surface area contributed by atoms with Gasteiger partial charge in [0.1, 0.15) is 0 Å². The van der Waals surface area contributed by atoms with E-state index in [1.165, 1.54) is 4.68 Å². The highest BCUT2D eigenvalue weighted by Crippen LogP contribution is 1.82. The third kappa shape index (κ3) is 2.35. The van der Waals surface area contributed by atoms with Gasteiger partial charge in [-0.25, -0.2) is 4.79 Å². The smallest absolute Gasteiger partial charge is 0.342 e. The van der Waals surface area contributed by atoms with E-state index in [1.54, 1.807) is 25.6 Å². The topological polar surface area (TPSA) is 56.1 Å². The average molecular weight is 169 g/mol. The number of aromatic nitrogens is 2. The predicted octanol–water partition coefficient (Wildman–Crippen LogP) is 0.0872. The van der Waals surface area contributed by atoms with Crippen molar-refractivity contribution in [2.45, 2.75) is 0 Å². The molecule has 0 aliphatic carbocycles. The summed E-state index contributed by atoms with van der Waals surface area (Å²) in [5, 5.41) is 6.38. The minimum Gasteiger partial charge on any atom is -0.383 e. The third-order valence-electron chi connectivity index (χ3n) is 1.29. The summed E-state index contributed by atoms with van der Waals surface area (Å²) in [6.45, 7) is 1.00. The molecular weight excluding hydrogens is 158 g/mol. The van der Waals surface area contributed by atoms with E-state index in [4.69, 9.17) is 4.74 Å². The van der Waals surface area contributed by atoms with E-state index in [1.807, 2.05) is 0 Å². The number of carbonyl (C=O) groups is 1. The highest BCUT2D eigenvalue weighted by Gasteiger charge is 2.00. The molecule has 1 rings (SSSR count). The Morgan fingerprint density at radius 1 is 1.75 bits per heavy atom. The maximum atomic E-state index is 11.1. The van der Waals surface area contributed by atoms with Gasteiger partial charge in [-0.1, -0.05) is 0 Å². The number of ether oxygens (including phenoxy) is 1. The molecule has 0 aliphatic rings. The molecule has 12 heavy (non-hydrogen) atoms. The number of nitrogens with zero attached hydrogens (tertiary/aromatic N) is 2. The zero-order valence-corrected chi connectivity index (χ0v) is 6.86. The zero-order chi connectivity index (χ0) is 8.81. The van der Waals surface area contributed by atoms with Crippen LogP contribution >= 0.6 is 0 Å². The van der Waals surface area contributed by atoms with Crippen molar-refractivity contribution in [3.8, 4) is 0 Å². The number of methoxy groups -OCH3 is 1. The Labute approximate surface area is 70.3 Å². The summed E-state index contributed by atoms with van der Waals surface area (Å²) in [6.07, 6.45) is 3.14. The van der Waals surface area contributed by atoms with Crippen LogP contribution in [0.2, 0.25) is 0 Å². The van der Waals surface area contributed by atoms with Gasteiger partial charge in [-0.3, -0.25) is 0 Å². The van der Waals surface area contributed by atoms with Gasteiger partial charge in [0.05, 0.1) is 6.61 Å². The lowest BCUT2D eigenvalue weighted by molar-refractivity contribution is 0.195. The van der Waals surface area contributed by atoms with Crippen molar-refractivity contribution in [2.24, 2.45) is 0 Å². The van der Waals surface area contributed by atoms with Gasteiger partial charge in [-0.15, -0.1) is 0 Å². The number of amides is 1. The van der Waals surface area contributed by atoms with E-state index < -0.39 is 0 Å². The van der Waals surface area contributed by atoms with E-state index in [-0.39, 0.29) is 6.03 Å². The molecule has 0 saturated carbocycles. The van der Waals surface area contributed by atoms with Crippen molar-refractivity contribution in [3.63, 3.8) is 0 Å². The lowest BCUT2D eigenvalue weighted by Gasteiger charge is -2.02. The molecule has 0 aromatic carbocycles. The van der Waals surface area contributed by atoms with Gasteiger partial charge >= 0.3 is 6.03 Å². The van der Waals surface area contributed by atoms with Crippen LogP contribution in [0.25, 0.3) is 0 Å². The van der Waals surface area contributed by atoms with Gasteiger partial charge in [-0.05, 0) is 6.07 Å². The van der Waals surface area contributed by atoms with Crippen LogP contribution in [0.15, 0.2) is 18.5 Å². The van der Waals surface area contributed by atoms with Gasteiger partial charge in [0.15, 0.2) is 0 Å². The molecule has 0 atom stereocenters. The normalized spacial score (nSPS) is 9.75. The number of carbonyl (C=O) groups excluding carboxylic acids is 1. The Hall–Kier alpha value is -1.36. The van der Waals surface area contributed by atoms with Crippen LogP contribution in [0.3, 0.4) is 0 Å². The van der Waals surface area contributed by atoms with Crippen LogP contribution in [-0.2, 0) is 4.74 Å². The maximum absolute atomic E-state index is 11.1. The molecule has 0 bridgehead atoms. The molecule has 1 aromatic rings. The lowest BCUT2D eigenvalue weighted by atomic mass is 10.7. The van der Waals surface area contributed by atoms with E-state index in [0.717, 1.165) is 0 Å². The fourth-order valence-electron chi connectivity index (χ4n) is 0.730. The molecule has 0 aliphatic heterocycles. The molecule has 5 nitrogen and oxygen atoms in total. The van der Waals surface area contributed by atoms with Gasteiger partial charge in [0, 0.05) is 26.0 Å². The second-order valence-electron chi connectivity index (χ2n) is 2.18. The molecule has 66 valence electrons. The van der Waals surface area contributed by atoms with Crippen molar-refractivity contribution >= 4 is 6.03 Å². The Kier molecular flexibility index (Phi) is 3.28. The first kappa shape index (κ1) is 8.73. The summed E-state index contributed by atoms with van der Waals surface area (Å²) < 4.78 is 6.00. The first-order valence-electron chi connectivity index (χ1n) is 3.61. The Morgan fingerprint density at radius 3 is 3.17 bits per heavy atom.